The first-order valence-corrected chi connectivity index (χ1v) is 15.6. The largest absolute Gasteiger partial charge is 0.437 e. The molecule has 4 aromatic carbocycles. The minimum Gasteiger partial charge on any atom is -0.437 e. The van der Waals surface area contributed by atoms with Gasteiger partial charge in [0.25, 0.3) is 0 Å². The van der Waals surface area contributed by atoms with Gasteiger partial charge in [0.2, 0.25) is 11.6 Å². The maximum atomic E-state index is 13.8. The third-order valence-corrected chi connectivity index (χ3v) is 7.64. The standard InChI is InChI=1S/C39H36FN5O3/c1-45(2)21-11-20-34(46)43-32-19-10-17-30(23-32)37-35(29-15-7-4-8-16-29)36-38(41-26-42-39(36)48-37)44-33(28-13-5-3-6-14-28)25-47-24-27-12-9-18-31(40)22-27/h3-20,22-23,26,33H,21,24-25H2,1-2H3,(H,43,46)(H,41,42,44)/t33-/m1/s1. The molecular weight excluding hydrogens is 605 g/mol. The highest BCUT2D eigenvalue weighted by atomic mass is 19.1. The molecule has 48 heavy (non-hydrogen) atoms. The van der Waals surface area contributed by atoms with Crippen LogP contribution >= 0.6 is 0 Å². The maximum absolute atomic E-state index is 13.8. The molecule has 0 aliphatic rings. The smallest absolute Gasteiger partial charge is 0.248 e. The molecule has 6 aromatic rings. The number of halogens is 1. The molecule has 0 radical (unpaired) electrons. The van der Waals surface area contributed by atoms with E-state index in [0.29, 0.717) is 41.5 Å². The van der Waals surface area contributed by atoms with E-state index in [1.165, 1.54) is 24.5 Å². The summed E-state index contributed by atoms with van der Waals surface area (Å²) >= 11 is 0. The first kappa shape index (κ1) is 32.3. The number of carbonyl (C=O) groups is 1. The number of rotatable bonds is 13. The molecule has 0 unspecified atom stereocenters. The van der Waals surface area contributed by atoms with Crippen molar-refractivity contribution in [3.8, 4) is 22.5 Å². The second-order valence-electron chi connectivity index (χ2n) is 11.6. The van der Waals surface area contributed by atoms with Crippen molar-refractivity contribution in [2.45, 2.75) is 12.6 Å². The third kappa shape index (κ3) is 8.01. The number of furan rings is 1. The summed E-state index contributed by atoms with van der Waals surface area (Å²) in [6, 6.07) is 33.5. The molecule has 0 aliphatic carbocycles. The van der Waals surface area contributed by atoms with Crippen LogP contribution in [-0.2, 0) is 16.1 Å². The number of nitrogens with one attached hydrogen (secondary N) is 2. The first-order chi connectivity index (χ1) is 23.4. The van der Waals surface area contributed by atoms with E-state index in [-0.39, 0.29) is 24.4 Å². The Morgan fingerprint density at radius 3 is 2.44 bits per heavy atom. The Bertz CT molecular complexity index is 2010. The van der Waals surface area contributed by atoms with Gasteiger partial charge in [0.1, 0.15) is 23.7 Å². The molecule has 8 nitrogen and oxygen atoms in total. The van der Waals surface area contributed by atoms with Gasteiger partial charge in [0.05, 0.1) is 24.6 Å². The predicted octanol–water partition coefficient (Wildman–Crippen LogP) is 8.12. The lowest BCUT2D eigenvalue weighted by Gasteiger charge is -2.20. The van der Waals surface area contributed by atoms with Crippen molar-refractivity contribution >= 4 is 28.5 Å². The fraction of sp³-hybridized carbons (Fsp3) is 0.154. The van der Waals surface area contributed by atoms with E-state index in [1.54, 1.807) is 6.07 Å². The van der Waals surface area contributed by atoms with E-state index in [1.807, 2.05) is 116 Å². The minimum atomic E-state index is -0.300. The molecule has 0 saturated carbocycles. The highest BCUT2D eigenvalue weighted by Gasteiger charge is 2.24. The number of amides is 1. The normalized spacial score (nSPS) is 12.1. The molecule has 1 amide bonds. The van der Waals surface area contributed by atoms with Crippen LogP contribution in [0.4, 0.5) is 15.9 Å². The Labute approximate surface area is 278 Å². The average Bonchev–Trinajstić information content (AvgIpc) is 3.49. The molecule has 2 aromatic heterocycles. The first-order valence-electron chi connectivity index (χ1n) is 15.6. The van der Waals surface area contributed by atoms with Crippen molar-refractivity contribution < 1.29 is 18.3 Å². The molecule has 0 fully saturated rings. The van der Waals surface area contributed by atoms with Gasteiger partial charge in [0.15, 0.2) is 0 Å². The van der Waals surface area contributed by atoms with Crippen molar-refractivity contribution in [3.05, 3.63) is 145 Å². The van der Waals surface area contributed by atoms with Crippen LogP contribution in [0.2, 0.25) is 0 Å². The van der Waals surface area contributed by atoms with Crippen molar-refractivity contribution in [3.63, 3.8) is 0 Å². The van der Waals surface area contributed by atoms with E-state index >= 15 is 0 Å². The number of ether oxygens (including phenoxy) is 1. The van der Waals surface area contributed by atoms with Gasteiger partial charge in [-0.1, -0.05) is 91.0 Å². The number of carbonyl (C=O) groups excluding carboxylic acids is 1. The lowest BCUT2D eigenvalue weighted by molar-refractivity contribution is -0.111. The van der Waals surface area contributed by atoms with Crippen molar-refractivity contribution in [2.24, 2.45) is 0 Å². The molecule has 0 bridgehead atoms. The van der Waals surface area contributed by atoms with Crippen LogP contribution in [0.25, 0.3) is 33.6 Å². The number of anilines is 2. The van der Waals surface area contributed by atoms with E-state index in [2.05, 4.69) is 20.6 Å². The predicted molar refractivity (Wildman–Crippen MR) is 188 cm³/mol. The summed E-state index contributed by atoms with van der Waals surface area (Å²) in [5.74, 6) is 0.655. The van der Waals surface area contributed by atoms with Crippen molar-refractivity contribution in [2.75, 3.05) is 37.9 Å². The van der Waals surface area contributed by atoms with Crippen LogP contribution in [0.15, 0.2) is 132 Å². The summed E-state index contributed by atoms with van der Waals surface area (Å²) in [4.78, 5) is 23.8. The van der Waals surface area contributed by atoms with Gasteiger partial charge in [0, 0.05) is 29.4 Å². The number of nitrogens with zero attached hydrogens (tertiary/aromatic N) is 3. The number of benzene rings is 4. The highest BCUT2D eigenvalue weighted by molar-refractivity contribution is 6.06. The summed E-state index contributed by atoms with van der Waals surface area (Å²) in [5.41, 5.74) is 5.30. The molecular formula is C39H36FN5O3. The van der Waals surface area contributed by atoms with E-state index in [4.69, 9.17) is 9.15 Å². The summed E-state index contributed by atoms with van der Waals surface area (Å²) in [7, 11) is 3.89. The lowest BCUT2D eigenvalue weighted by atomic mass is 9.98. The van der Waals surface area contributed by atoms with Gasteiger partial charge < -0.3 is 24.7 Å². The van der Waals surface area contributed by atoms with E-state index in [9.17, 15) is 9.18 Å². The van der Waals surface area contributed by atoms with Crippen LogP contribution in [0.3, 0.4) is 0 Å². The van der Waals surface area contributed by atoms with Gasteiger partial charge in [-0.3, -0.25) is 4.79 Å². The van der Waals surface area contributed by atoms with Gasteiger partial charge in [-0.2, -0.15) is 0 Å². The van der Waals surface area contributed by atoms with E-state index < -0.39 is 0 Å². The molecule has 0 saturated heterocycles. The Kier molecular flexibility index (Phi) is 10.3. The SMILES string of the molecule is CN(C)CC=CC(=O)Nc1cccc(-c2oc3ncnc(N[C@H](COCc4cccc(F)c4)c4ccccc4)c3c2-c2ccccc2)c1. The third-order valence-electron chi connectivity index (χ3n) is 7.64. The zero-order valence-electron chi connectivity index (χ0n) is 26.8. The molecule has 9 heteroatoms. The Morgan fingerprint density at radius 1 is 0.917 bits per heavy atom. The van der Waals surface area contributed by atoms with Gasteiger partial charge >= 0.3 is 0 Å². The second-order valence-corrected chi connectivity index (χ2v) is 11.6. The summed E-state index contributed by atoms with van der Waals surface area (Å²) in [6.07, 6.45) is 4.81. The Hall–Kier alpha value is -5.64. The van der Waals surface area contributed by atoms with Crippen molar-refractivity contribution in [1.29, 1.82) is 0 Å². The lowest BCUT2D eigenvalue weighted by Crippen LogP contribution is -2.18. The number of fused-ring (bicyclic) bond motifs is 1. The number of hydrogen-bond donors (Lipinski definition) is 2. The van der Waals surface area contributed by atoms with Crippen LogP contribution < -0.4 is 10.6 Å². The van der Waals surface area contributed by atoms with Crippen LogP contribution in [-0.4, -0.2) is 48.0 Å². The number of aromatic nitrogens is 2. The Morgan fingerprint density at radius 2 is 1.67 bits per heavy atom. The fourth-order valence-electron chi connectivity index (χ4n) is 5.41. The molecule has 2 N–H and O–H groups in total. The monoisotopic (exact) mass is 641 g/mol. The summed E-state index contributed by atoms with van der Waals surface area (Å²) < 4.78 is 26.4. The molecule has 0 spiro atoms. The molecule has 242 valence electrons. The quantitative estimate of drug-likeness (QED) is 0.123. The maximum Gasteiger partial charge on any atom is 0.248 e. The minimum absolute atomic E-state index is 0.217. The summed E-state index contributed by atoms with van der Waals surface area (Å²) in [5, 5.41) is 7.26. The zero-order valence-corrected chi connectivity index (χ0v) is 26.8. The number of likely N-dealkylation sites (N-methyl/N-ethyl adjacent to an activating group) is 1. The van der Waals surface area contributed by atoms with Gasteiger partial charge in [-0.15, -0.1) is 0 Å². The summed E-state index contributed by atoms with van der Waals surface area (Å²) in [6.45, 7) is 1.21. The fourth-order valence-corrected chi connectivity index (χ4v) is 5.41. The molecule has 0 aliphatic heterocycles. The zero-order chi connectivity index (χ0) is 33.3. The van der Waals surface area contributed by atoms with Crippen molar-refractivity contribution in [1.82, 2.24) is 14.9 Å². The average molecular weight is 642 g/mol. The molecule has 6 rings (SSSR count). The Balaban J connectivity index is 1.36. The van der Waals surface area contributed by atoms with Crippen LogP contribution in [0.5, 0.6) is 0 Å². The van der Waals surface area contributed by atoms with E-state index in [0.717, 1.165) is 27.8 Å². The highest BCUT2D eigenvalue weighted by Crippen LogP contribution is 2.43. The van der Waals surface area contributed by atoms with Gasteiger partial charge in [-0.05, 0) is 55.1 Å². The van der Waals surface area contributed by atoms with Crippen LogP contribution in [0.1, 0.15) is 17.2 Å². The number of hydrogen-bond acceptors (Lipinski definition) is 7. The topological polar surface area (TPSA) is 92.5 Å². The molecule has 1 atom stereocenters. The van der Waals surface area contributed by atoms with Crippen LogP contribution in [0, 0.1) is 5.82 Å². The van der Waals surface area contributed by atoms with Gasteiger partial charge in [-0.25, -0.2) is 14.4 Å². The second kappa shape index (κ2) is 15.3. The molecule has 2 heterocycles.